The molecule has 1 aliphatic rings. The van der Waals surface area contributed by atoms with Crippen molar-refractivity contribution in [3.63, 3.8) is 0 Å². The van der Waals surface area contributed by atoms with Crippen LogP contribution >= 0.6 is 11.5 Å². The largest absolute Gasteiger partial charge is 0.494 e. The third-order valence-corrected chi connectivity index (χ3v) is 7.28. The molecule has 1 heterocycles. The third kappa shape index (κ3) is 5.94. The fraction of sp³-hybridized carbons (Fsp3) is 0.333. The Morgan fingerprint density at radius 3 is 2.47 bits per heavy atom. The second-order valence-corrected chi connectivity index (χ2v) is 9.81. The molecule has 1 aliphatic carbocycles. The first kappa shape index (κ1) is 27.1. The molecule has 0 saturated heterocycles. The Labute approximate surface area is 224 Å². The lowest BCUT2D eigenvalue weighted by atomic mass is 9.94. The minimum Gasteiger partial charge on any atom is -0.494 e. The normalized spacial score (nSPS) is 14.5. The number of primary amides is 1. The van der Waals surface area contributed by atoms with E-state index in [4.69, 9.17) is 16.2 Å². The number of aromatic nitrogens is 1. The number of carbonyl (C=O) groups excluding carboxylic acids is 3. The Bertz CT molecular complexity index is 1310. The fourth-order valence-corrected chi connectivity index (χ4v) is 5.35. The van der Waals surface area contributed by atoms with E-state index < -0.39 is 29.6 Å². The predicted octanol–water partition coefficient (Wildman–Crippen LogP) is 4.20. The summed E-state index contributed by atoms with van der Waals surface area (Å²) in [5.41, 5.74) is 11.6. The zero-order valence-corrected chi connectivity index (χ0v) is 21.8. The van der Waals surface area contributed by atoms with Gasteiger partial charge in [-0.1, -0.05) is 37.5 Å². The van der Waals surface area contributed by atoms with E-state index in [9.17, 15) is 18.8 Å². The van der Waals surface area contributed by atoms with Crippen LogP contribution in [-0.2, 0) is 4.79 Å². The van der Waals surface area contributed by atoms with Crippen LogP contribution in [0.15, 0.2) is 48.5 Å². The molecule has 38 heavy (non-hydrogen) atoms. The molecule has 1 atom stereocenters. The van der Waals surface area contributed by atoms with Crippen LogP contribution in [0.5, 0.6) is 5.75 Å². The number of ether oxygens (including phenoxy) is 1. The summed E-state index contributed by atoms with van der Waals surface area (Å²) in [5.74, 6) is -2.00. The molecule has 0 radical (unpaired) electrons. The lowest BCUT2D eigenvalue weighted by Crippen LogP contribution is -2.47. The maximum atomic E-state index is 14.4. The summed E-state index contributed by atoms with van der Waals surface area (Å²) in [6, 6.07) is 11.0. The number of hydrogen-bond donors (Lipinski definition) is 3. The van der Waals surface area contributed by atoms with E-state index in [1.54, 1.807) is 24.3 Å². The third-order valence-electron chi connectivity index (χ3n) is 6.43. The molecule has 0 aliphatic heterocycles. The van der Waals surface area contributed by atoms with Gasteiger partial charge in [-0.2, -0.15) is 4.37 Å². The Hall–Kier alpha value is -3.99. The molecule has 5 N–H and O–H groups in total. The van der Waals surface area contributed by atoms with Crippen LogP contribution in [0.4, 0.5) is 15.8 Å². The summed E-state index contributed by atoms with van der Waals surface area (Å²) in [4.78, 5) is 40.8. The second-order valence-electron chi connectivity index (χ2n) is 9.04. The van der Waals surface area contributed by atoms with E-state index in [2.05, 4.69) is 9.69 Å². The van der Waals surface area contributed by atoms with Crippen molar-refractivity contribution < 1.29 is 23.5 Å². The second kappa shape index (κ2) is 12.0. The number of amides is 3. The van der Waals surface area contributed by atoms with Crippen LogP contribution in [0.25, 0.3) is 0 Å². The number of rotatable bonds is 9. The van der Waals surface area contributed by atoms with Crippen molar-refractivity contribution >= 4 is 40.6 Å². The van der Waals surface area contributed by atoms with Gasteiger partial charge in [0.2, 0.25) is 5.91 Å². The van der Waals surface area contributed by atoms with Crippen LogP contribution in [0.3, 0.4) is 0 Å². The van der Waals surface area contributed by atoms with Crippen molar-refractivity contribution in [1.29, 1.82) is 0 Å². The molecular formula is C27H30FN5O4S. The van der Waals surface area contributed by atoms with Crippen molar-refractivity contribution in [3.05, 3.63) is 70.5 Å². The predicted molar refractivity (Wildman–Crippen MR) is 144 cm³/mol. The first-order valence-electron chi connectivity index (χ1n) is 12.5. The molecule has 4 rings (SSSR count). The van der Waals surface area contributed by atoms with E-state index in [0.29, 0.717) is 29.5 Å². The number of nitrogens with zero attached hydrogens (tertiary/aromatic N) is 2. The van der Waals surface area contributed by atoms with Crippen LogP contribution in [0, 0.1) is 5.82 Å². The van der Waals surface area contributed by atoms with Crippen LogP contribution in [-0.4, -0.2) is 34.7 Å². The van der Waals surface area contributed by atoms with E-state index >= 15 is 0 Å². The average molecular weight is 540 g/mol. The molecule has 0 bridgehead atoms. The lowest BCUT2D eigenvalue weighted by Gasteiger charge is -2.33. The number of anilines is 2. The van der Waals surface area contributed by atoms with Crippen LogP contribution in [0.1, 0.15) is 70.8 Å². The van der Waals surface area contributed by atoms with Crippen LogP contribution < -0.4 is 26.4 Å². The van der Waals surface area contributed by atoms with Crippen molar-refractivity contribution in [2.45, 2.75) is 51.1 Å². The number of nitrogen functional groups attached to an aromatic ring is 1. The minimum atomic E-state index is -1.18. The van der Waals surface area contributed by atoms with Gasteiger partial charge in [0.25, 0.3) is 11.8 Å². The maximum Gasteiger partial charge on any atom is 0.273 e. The first-order chi connectivity index (χ1) is 18.3. The van der Waals surface area contributed by atoms with Crippen molar-refractivity contribution in [3.8, 4) is 5.75 Å². The molecule has 3 aromatic rings. The van der Waals surface area contributed by atoms with Crippen molar-refractivity contribution in [2.75, 3.05) is 17.2 Å². The van der Waals surface area contributed by atoms with Gasteiger partial charge in [0, 0.05) is 11.7 Å². The van der Waals surface area contributed by atoms with Gasteiger partial charge in [0.15, 0.2) is 5.69 Å². The topological polar surface area (TPSA) is 141 Å². The molecule has 2 aromatic carbocycles. The molecule has 3 amide bonds. The molecule has 1 unspecified atom stereocenters. The Morgan fingerprint density at radius 2 is 1.87 bits per heavy atom. The standard InChI is InChI=1S/C27H30FN5O4S/c1-2-37-20-13-11-16(12-14-20)23(26(35)31-18-8-4-3-5-9-18)33(19-10-6-7-17(28)15-19)27(36)24-21(29)22(25(30)34)32-38-24/h6-7,10-15,18,23H,2-5,8-9,29H2,1H3,(H2,30,34)(H,31,35). The molecule has 1 fully saturated rings. The van der Waals surface area contributed by atoms with Gasteiger partial charge < -0.3 is 21.5 Å². The number of hydrogen-bond acceptors (Lipinski definition) is 7. The van der Waals surface area contributed by atoms with Gasteiger partial charge in [-0.3, -0.25) is 19.3 Å². The number of nitrogens with one attached hydrogen (secondary N) is 1. The highest BCUT2D eigenvalue weighted by atomic mass is 32.1. The van der Waals surface area contributed by atoms with E-state index in [1.807, 2.05) is 6.92 Å². The summed E-state index contributed by atoms with van der Waals surface area (Å²) in [6.45, 7) is 2.32. The van der Waals surface area contributed by atoms with E-state index in [0.717, 1.165) is 32.1 Å². The van der Waals surface area contributed by atoms with Gasteiger partial charge in [0.1, 0.15) is 22.5 Å². The summed E-state index contributed by atoms with van der Waals surface area (Å²) in [6.07, 6.45) is 4.77. The number of benzene rings is 2. The minimum absolute atomic E-state index is 0.0409. The zero-order chi connectivity index (χ0) is 27.2. The first-order valence-corrected chi connectivity index (χ1v) is 13.2. The van der Waals surface area contributed by atoms with E-state index in [-0.39, 0.29) is 28.0 Å². The molecule has 1 aromatic heterocycles. The molecule has 1 saturated carbocycles. The molecule has 11 heteroatoms. The summed E-state index contributed by atoms with van der Waals surface area (Å²) in [7, 11) is 0. The van der Waals surface area contributed by atoms with Gasteiger partial charge in [-0.25, -0.2) is 4.39 Å². The van der Waals surface area contributed by atoms with Gasteiger partial charge in [-0.15, -0.1) is 0 Å². The average Bonchev–Trinajstić information content (AvgIpc) is 3.29. The maximum absolute atomic E-state index is 14.4. The number of carbonyl (C=O) groups is 3. The smallest absolute Gasteiger partial charge is 0.273 e. The lowest BCUT2D eigenvalue weighted by molar-refractivity contribution is -0.123. The van der Waals surface area contributed by atoms with Gasteiger partial charge in [-0.05, 0) is 67.2 Å². The van der Waals surface area contributed by atoms with Crippen LogP contribution in [0.2, 0.25) is 0 Å². The van der Waals surface area contributed by atoms with Gasteiger partial charge >= 0.3 is 0 Å². The fourth-order valence-electron chi connectivity index (χ4n) is 4.61. The summed E-state index contributed by atoms with van der Waals surface area (Å²) >= 11 is 0.696. The highest BCUT2D eigenvalue weighted by molar-refractivity contribution is 7.09. The molecule has 9 nitrogen and oxygen atoms in total. The summed E-state index contributed by atoms with van der Waals surface area (Å²) in [5, 5.41) is 3.09. The quantitative estimate of drug-likeness (QED) is 0.372. The monoisotopic (exact) mass is 539 g/mol. The Balaban J connectivity index is 1.83. The molecule has 0 spiro atoms. The van der Waals surface area contributed by atoms with Crippen molar-refractivity contribution in [1.82, 2.24) is 9.69 Å². The number of nitrogens with two attached hydrogens (primary N) is 2. The highest BCUT2D eigenvalue weighted by Gasteiger charge is 2.37. The Morgan fingerprint density at radius 1 is 1.16 bits per heavy atom. The summed E-state index contributed by atoms with van der Waals surface area (Å²) < 4.78 is 23.9. The van der Waals surface area contributed by atoms with Gasteiger partial charge in [0.05, 0.1) is 12.3 Å². The molecule has 200 valence electrons. The SMILES string of the molecule is CCOc1ccc(C(C(=O)NC2CCCCC2)N(C(=O)c2snc(C(N)=O)c2N)c2cccc(F)c2)cc1. The molecular weight excluding hydrogens is 509 g/mol. The highest BCUT2D eigenvalue weighted by Crippen LogP contribution is 2.34. The van der Waals surface area contributed by atoms with Crippen molar-refractivity contribution in [2.24, 2.45) is 5.73 Å². The number of halogens is 1. The van der Waals surface area contributed by atoms with E-state index in [1.165, 1.54) is 29.2 Å². The zero-order valence-electron chi connectivity index (χ0n) is 21.0. The Kier molecular flexibility index (Phi) is 8.57.